The quantitative estimate of drug-likeness (QED) is 0.613. The van der Waals surface area contributed by atoms with E-state index in [9.17, 15) is 9.82 Å². The van der Waals surface area contributed by atoms with Gasteiger partial charge in [-0.15, -0.1) is 0 Å². The van der Waals surface area contributed by atoms with Crippen LogP contribution in [0.1, 0.15) is 12.8 Å². The summed E-state index contributed by atoms with van der Waals surface area (Å²) in [6, 6.07) is 0. The molecule has 6 nitrogen and oxygen atoms in total. The van der Waals surface area contributed by atoms with Crippen LogP contribution >= 0.6 is 0 Å². The average molecular weight is 289 g/mol. The fourth-order valence-corrected chi connectivity index (χ4v) is 2.54. The Morgan fingerprint density at radius 2 is 2.33 bits per heavy atom. The second-order valence-corrected chi connectivity index (χ2v) is 5.09. The lowest BCUT2D eigenvalue weighted by molar-refractivity contribution is -0.142. The molecule has 0 radical (unpaired) electrons. The van der Waals surface area contributed by atoms with Crippen molar-refractivity contribution in [3.05, 3.63) is 35.2 Å². The van der Waals surface area contributed by atoms with Gasteiger partial charge in [-0.3, -0.25) is 4.79 Å². The maximum Gasteiger partial charge on any atom is 0.491 e. The minimum absolute atomic E-state index is 0.129. The van der Waals surface area contributed by atoms with Crippen LogP contribution in [0.15, 0.2) is 40.1 Å². The maximum atomic E-state index is 11.4. The van der Waals surface area contributed by atoms with Crippen LogP contribution in [0.3, 0.4) is 0 Å². The predicted molar refractivity (Wildman–Crippen MR) is 76.3 cm³/mol. The summed E-state index contributed by atoms with van der Waals surface area (Å²) in [7, 11) is 0.548. The summed E-state index contributed by atoms with van der Waals surface area (Å²) in [6.45, 7) is 0.402. The lowest BCUT2D eigenvalue weighted by Crippen LogP contribution is -2.21. The molecular formula is C14H16BNO5. The summed E-state index contributed by atoms with van der Waals surface area (Å²) in [6.07, 6.45) is 8.29. The minimum atomic E-state index is -0.815. The minimum Gasteiger partial charge on any atom is -0.470 e. The van der Waals surface area contributed by atoms with Gasteiger partial charge in [-0.1, -0.05) is 6.08 Å². The van der Waals surface area contributed by atoms with Crippen molar-refractivity contribution in [2.24, 2.45) is 10.9 Å². The first kappa shape index (κ1) is 14.1. The molecule has 3 rings (SSSR count). The summed E-state index contributed by atoms with van der Waals surface area (Å²) < 4.78 is 15.6. The van der Waals surface area contributed by atoms with E-state index in [4.69, 9.17) is 9.39 Å². The van der Waals surface area contributed by atoms with Gasteiger partial charge in [0.05, 0.1) is 19.6 Å². The fraction of sp³-hybridized carbons (Fsp3) is 0.429. The second kappa shape index (κ2) is 5.87. The van der Waals surface area contributed by atoms with Gasteiger partial charge in [-0.05, 0) is 29.6 Å². The normalized spacial score (nSPS) is 27.5. The van der Waals surface area contributed by atoms with Crippen LogP contribution in [-0.2, 0) is 18.9 Å². The van der Waals surface area contributed by atoms with Crippen molar-refractivity contribution in [3.63, 3.8) is 0 Å². The van der Waals surface area contributed by atoms with Gasteiger partial charge in [0.2, 0.25) is 5.88 Å². The third-order valence-electron chi connectivity index (χ3n) is 3.69. The van der Waals surface area contributed by atoms with Crippen molar-refractivity contribution >= 4 is 19.3 Å². The molecule has 0 saturated carbocycles. The molecule has 0 aromatic rings. The van der Waals surface area contributed by atoms with Gasteiger partial charge < -0.3 is 19.2 Å². The standard InChI is InChI=1S/C14H16BNO5/c1-19-14(17)9-2-5-13(16-7-9)21-11-3-4-12-10(6-11)8-20-15(12)18/h4-7,9,11,18H,2-3,8H2,1H3. The number of carbonyl (C=O) groups is 1. The van der Waals surface area contributed by atoms with Crippen LogP contribution in [0, 0.1) is 5.92 Å². The first-order chi connectivity index (χ1) is 10.2. The highest BCUT2D eigenvalue weighted by Crippen LogP contribution is 2.29. The molecule has 0 aromatic heterocycles. The maximum absolute atomic E-state index is 11.4. The van der Waals surface area contributed by atoms with E-state index >= 15 is 0 Å². The Balaban J connectivity index is 1.59. The van der Waals surface area contributed by atoms with E-state index in [-0.39, 0.29) is 18.0 Å². The van der Waals surface area contributed by atoms with Crippen molar-refractivity contribution in [1.82, 2.24) is 0 Å². The van der Waals surface area contributed by atoms with Crippen LogP contribution in [0.25, 0.3) is 0 Å². The third-order valence-corrected chi connectivity index (χ3v) is 3.69. The number of hydrogen-bond donors (Lipinski definition) is 1. The Morgan fingerprint density at radius 1 is 1.48 bits per heavy atom. The van der Waals surface area contributed by atoms with Gasteiger partial charge in [0, 0.05) is 12.6 Å². The summed E-state index contributed by atoms with van der Waals surface area (Å²) in [5, 5.41) is 9.59. The molecule has 0 amide bonds. The molecule has 1 saturated heterocycles. The molecule has 1 fully saturated rings. The molecule has 7 heteroatoms. The molecule has 1 aliphatic carbocycles. The van der Waals surface area contributed by atoms with E-state index in [1.54, 1.807) is 12.3 Å². The van der Waals surface area contributed by atoms with Gasteiger partial charge in [0.25, 0.3) is 0 Å². The zero-order chi connectivity index (χ0) is 14.8. The molecule has 0 spiro atoms. The van der Waals surface area contributed by atoms with E-state index in [2.05, 4.69) is 9.73 Å². The van der Waals surface area contributed by atoms with Crippen molar-refractivity contribution in [2.75, 3.05) is 13.7 Å². The molecule has 1 N–H and O–H groups in total. The molecule has 21 heavy (non-hydrogen) atoms. The van der Waals surface area contributed by atoms with Crippen LogP contribution < -0.4 is 0 Å². The second-order valence-electron chi connectivity index (χ2n) is 5.09. The van der Waals surface area contributed by atoms with E-state index in [0.29, 0.717) is 25.3 Å². The number of rotatable bonds is 3. The Bertz CT molecular complexity index is 566. The Hall–Kier alpha value is -1.86. The van der Waals surface area contributed by atoms with E-state index in [0.717, 1.165) is 11.0 Å². The number of methoxy groups -OCH3 is 1. The molecule has 2 atom stereocenters. The number of ether oxygens (including phenoxy) is 2. The monoisotopic (exact) mass is 289 g/mol. The van der Waals surface area contributed by atoms with Gasteiger partial charge in [-0.25, -0.2) is 4.99 Å². The number of esters is 1. The highest BCUT2D eigenvalue weighted by molar-refractivity contribution is 6.55. The summed E-state index contributed by atoms with van der Waals surface area (Å²) in [5.41, 5.74) is 1.80. The van der Waals surface area contributed by atoms with Crippen molar-refractivity contribution in [2.45, 2.75) is 18.9 Å². The predicted octanol–water partition coefficient (Wildman–Crippen LogP) is 0.783. The van der Waals surface area contributed by atoms with E-state index in [1.165, 1.54) is 7.11 Å². The number of allylic oxidation sites excluding steroid dienone is 1. The van der Waals surface area contributed by atoms with E-state index in [1.807, 2.05) is 12.2 Å². The Morgan fingerprint density at radius 3 is 3.05 bits per heavy atom. The van der Waals surface area contributed by atoms with Gasteiger partial charge in [-0.2, -0.15) is 0 Å². The number of aliphatic imine (C=N–C) groups is 1. The molecular weight excluding hydrogens is 273 g/mol. The first-order valence-corrected chi connectivity index (χ1v) is 6.87. The van der Waals surface area contributed by atoms with Gasteiger partial charge in [0.15, 0.2) is 0 Å². The van der Waals surface area contributed by atoms with Gasteiger partial charge in [0.1, 0.15) is 6.10 Å². The summed E-state index contributed by atoms with van der Waals surface area (Å²) in [4.78, 5) is 15.5. The van der Waals surface area contributed by atoms with Crippen molar-refractivity contribution < 1.29 is 23.9 Å². The lowest BCUT2D eigenvalue weighted by Gasteiger charge is -2.21. The number of fused-ring (bicyclic) bond motifs is 1. The largest absolute Gasteiger partial charge is 0.491 e. The molecule has 0 bridgehead atoms. The van der Waals surface area contributed by atoms with Crippen LogP contribution in [-0.4, -0.2) is 44.1 Å². The Labute approximate surface area is 122 Å². The Kier molecular flexibility index (Phi) is 3.94. The fourth-order valence-electron chi connectivity index (χ4n) is 2.54. The molecule has 110 valence electrons. The molecule has 2 heterocycles. The molecule has 2 unspecified atom stereocenters. The zero-order valence-corrected chi connectivity index (χ0v) is 11.7. The van der Waals surface area contributed by atoms with Crippen molar-refractivity contribution in [1.29, 1.82) is 0 Å². The van der Waals surface area contributed by atoms with E-state index < -0.39 is 7.12 Å². The van der Waals surface area contributed by atoms with Crippen LogP contribution in [0.4, 0.5) is 0 Å². The van der Waals surface area contributed by atoms with Crippen molar-refractivity contribution in [3.8, 4) is 0 Å². The topological polar surface area (TPSA) is 77.4 Å². The third kappa shape index (κ3) is 2.93. The van der Waals surface area contributed by atoms with Crippen LogP contribution in [0.2, 0.25) is 0 Å². The SMILES string of the molecule is COC(=O)C1C=NC(OC2C=C3COB(O)C3=CC2)=CC1. The lowest BCUT2D eigenvalue weighted by atomic mass is 9.75. The summed E-state index contributed by atoms with van der Waals surface area (Å²) in [5.74, 6) is -0.122. The first-order valence-electron chi connectivity index (χ1n) is 6.87. The number of hydrogen-bond acceptors (Lipinski definition) is 6. The smallest absolute Gasteiger partial charge is 0.470 e. The average Bonchev–Trinajstić information content (AvgIpc) is 2.88. The summed E-state index contributed by atoms with van der Waals surface area (Å²) >= 11 is 0. The highest BCUT2D eigenvalue weighted by Gasteiger charge is 2.33. The molecule has 2 aliphatic heterocycles. The molecule has 0 aromatic carbocycles. The zero-order valence-electron chi connectivity index (χ0n) is 11.7. The highest BCUT2D eigenvalue weighted by atomic mass is 16.5. The molecule has 3 aliphatic rings. The number of carbonyl (C=O) groups excluding carboxylic acids is 1. The van der Waals surface area contributed by atoms with Crippen LogP contribution in [0.5, 0.6) is 0 Å². The van der Waals surface area contributed by atoms with Gasteiger partial charge >= 0.3 is 13.1 Å². The number of nitrogens with zero attached hydrogens (tertiary/aromatic N) is 1.